The lowest BCUT2D eigenvalue weighted by atomic mass is 10.1. The number of benzene rings is 2. The van der Waals surface area contributed by atoms with Crippen molar-refractivity contribution in [2.75, 3.05) is 5.32 Å². The van der Waals surface area contributed by atoms with Crippen LogP contribution in [0.1, 0.15) is 23.2 Å². The van der Waals surface area contributed by atoms with Crippen molar-refractivity contribution in [2.45, 2.75) is 12.8 Å². The van der Waals surface area contributed by atoms with Gasteiger partial charge in [-0.15, -0.1) is 0 Å². The van der Waals surface area contributed by atoms with Gasteiger partial charge in [0.05, 0.1) is 10.5 Å². The molecule has 24 heavy (non-hydrogen) atoms. The van der Waals surface area contributed by atoms with E-state index in [4.69, 9.17) is 16.0 Å². The van der Waals surface area contributed by atoms with Gasteiger partial charge < -0.3 is 9.73 Å². The van der Waals surface area contributed by atoms with Gasteiger partial charge in [-0.05, 0) is 30.3 Å². The van der Waals surface area contributed by atoms with Crippen LogP contribution in [0.5, 0.6) is 0 Å². The number of aromatic nitrogens is 1. The van der Waals surface area contributed by atoms with Crippen molar-refractivity contribution in [3.8, 4) is 0 Å². The fraction of sp³-hybridized carbons (Fsp3) is 0.118. The van der Waals surface area contributed by atoms with Crippen LogP contribution in [0.3, 0.4) is 0 Å². The molecule has 0 aliphatic rings. The van der Waals surface area contributed by atoms with Crippen LogP contribution >= 0.6 is 11.6 Å². The molecule has 0 saturated heterocycles. The molecule has 1 aromatic heterocycles. The van der Waals surface area contributed by atoms with E-state index in [0.717, 1.165) is 0 Å². The van der Waals surface area contributed by atoms with Crippen LogP contribution in [0.15, 0.2) is 51.7 Å². The molecule has 0 fully saturated rings. The molecule has 0 aliphatic carbocycles. The highest BCUT2D eigenvalue weighted by atomic mass is 35.5. The summed E-state index contributed by atoms with van der Waals surface area (Å²) < 4.78 is 4.89. The number of oxazole rings is 1. The lowest BCUT2D eigenvalue weighted by molar-refractivity contribution is -0.116. The number of fused-ring (bicyclic) bond motifs is 1. The Bertz CT molecular complexity index is 974. The molecule has 3 aromatic rings. The van der Waals surface area contributed by atoms with Crippen molar-refractivity contribution in [2.24, 2.45) is 0 Å². The summed E-state index contributed by atoms with van der Waals surface area (Å²) in [6.45, 7) is 0. The number of rotatable bonds is 5. The first kappa shape index (κ1) is 16.0. The first-order valence-electron chi connectivity index (χ1n) is 7.23. The van der Waals surface area contributed by atoms with Crippen LogP contribution in [0.4, 0.5) is 5.69 Å². The van der Waals surface area contributed by atoms with Gasteiger partial charge in [0.2, 0.25) is 5.91 Å². The third-order valence-electron chi connectivity index (χ3n) is 3.46. The number of hydrogen-bond acceptors (Lipinski definition) is 4. The predicted octanol–water partition coefficient (Wildman–Crippen LogP) is 3.38. The van der Waals surface area contributed by atoms with Gasteiger partial charge in [0.25, 0.3) is 0 Å². The maximum absolute atomic E-state index is 12.1. The largest absolute Gasteiger partial charge is 0.417 e. The Morgan fingerprint density at radius 1 is 1.12 bits per heavy atom. The Hall–Kier alpha value is -2.86. The number of hydrogen-bond donors (Lipinski definition) is 2. The molecule has 0 radical (unpaired) electrons. The third-order valence-corrected chi connectivity index (χ3v) is 3.79. The van der Waals surface area contributed by atoms with E-state index in [1.54, 1.807) is 42.5 Å². The van der Waals surface area contributed by atoms with Gasteiger partial charge in [-0.25, -0.2) is 4.79 Å². The highest BCUT2D eigenvalue weighted by Gasteiger charge is 2.12. The van der Waals surface area contributed by atoms with Gasteiger partial charge in [0.1, 0.15) is 0 Å². The molecule has 122 valence electrons. The SMILES string of the molecule is O=C(CCC(=O)c1ccccc1Cl)Nc1ccc2oc(=O)[nH]c2c1. The van der Waals surface area contributed by atoms with Crippen LogP contribution in [0.25, 0.3) is 11.1 Å². The molecule has 2 aromatic carbocycles. The number of carbonyl (C=O) groups is 2. The number of halogens is 1. The van der Waals surface area contributed by atoms with Crippen molar-refractivity contribution < 1.29 is 14.0 Å². The molecule has 0 saturated carbocycles. The zero-order chi connectivity index (χ0) is 17.1. The average molecular weight is 345 g/mol. The van der Waals surface area contributed by atoms with Crippen LogP contribution < -0.4 is 11.1 Å². The van der Waals surface area contributed by atoms with Crippen LogP contribution in [0, 0.1) is 0 Å². The molecular formula is C17H13ClN2O4. The molecule has 0 bridgehead atoms. The summed E-state index contributed by atoms with van der Waals surface area (Å²) >= 11 is 5.96. The van der Waals surface area contributed by atoms with E-state index in [0.29, 0.717) is 27.4 Å². The lowest BCUT2D eigenvalue weighted by Crippen LogP contribution is -2.13. The molecule has 3 rings (SSSR count). The first-order chi connectivity index (χ1) is 11.5. The van der Waals surface area contributed by atoms with E-state index in [9.17, 15) is 14.4 Å². The Morgan fingerprint density at radius 3 is 2.71 bits per heavy atom. The molecule has 0 atom stereocenters. The zero-order valence-electron chi connectivity index (χ0n) is 12.5. The minimum Gasteiger partial charge on any atom is -0.408 e. The summed E-state index contributed by atoms with van der Waals surface area (Å²) in [6.07, 6.45) is 0.0877. The number of Topliss-reactive ketones (excluding diaryl/α,β-unsaturated/α-hetero) is 1. The second kappa shape index (κ2) is 6.72. The summed E-state index contributed by atoms with van der Waals surface area (Å²) in [5.74, 6) is -1.05. The maximum Gasteiger partial charge on any atom is 0.417 e. The summed E-state index contributed by atoms with van der Waals surface area (Å²) in [5, 5.41) is 3.05. The Kier molecular flexibility index (Phi) is 4.48. The Morgan fingerprint density at radius 2 is 1.92 bits per heavy atom. The van der Waals surface area contributed by atoms with Gasteiger partial charge in [-0.3, -0.25) is 14.6 Å². The summed E-state index contributed by atoms with van der Waals surface area (Å²) in [7, 11) is 0. The van der Waals surface area contributed by atoms with Crippen molar-refractivity contribution in [1.82, 2.24) is 4.98 Å². The fourth-order valence-electron chi connectivity index (χ4n) is 2.30. The normalized spacial score (nSPS) is 10.7. The zero-order valence-corrected chi connectivity index (χ0v) is 13.2. The average Bonchev–Trinajstić information content (AvgIpc) is 2.92. The molecule has 1 amide bonds. The second-order valence-electron chi connectivity index (χ2n) is 5.18. The van der Waals surface area contributed by atoms with E-state index in [1.165, 1.54) is 0 Å². The lowest BCUT2D eigenvalue weighted by Gasteiger charge is -2.06. The highest BCUT2D eigenvalue weighted by molar-refractivity contribution is 6.34. The molecule has 1 heterocycles. The number of anilines is 1. The number of aromatic amines is 1. The molecule has 0 unspecified atom stereocenters. The molecule has 2 N–H and O–H groups in total. The van der Waals surface area contributed by atoms with Crippen molar-refractivity contribution in [3.63, 3.8) is 0 Å². The quantitative estimate of drug-likeness (QED) is 0.694. The monoisotopic (exact) mass is 344 g/mol. The van der Waals surface area contributed by atoms with Gasteiger partial charge in [-0.2, -0.15) is 0 Å². The number of nitrogens with one attached hydrogen (secondary N) is 2. The van der Waals surface area contributed by atoms with Gasteiger partial charge in [0, 0.05) is 24.1 Å². The predicted molar refractivity (Wildman–Crippen MR) is 90.5 cm³/mol. The van der Waals surface area contributed by atoms with E-state index in [1.807, 2.05) is 0 Å². The highest BCUT2D eigenvalue weighted by Crippen LogP contribution is 2.19. The Balaban J connectivity index is 1.61. The summed E-state index contributed by atoms with van der Waals surface area (Å²) in [4.78, 5) is 37.7. The van der Waals surface area contributed by atoms with Gasteiger partial charge >= 0.3 is 5.76 Å². The Labute approximate surface area is 141 Å². The smallest absolute Gasteiger partial charge is 0.408 e. The number of amides is 1. The molecule has 0 spiro atoms. The molecular weight excluding hydrogens is 332 g/mol. The van der Waals surface area contributed by atoms with Crippen LogP contribution in [0.2, 0.25) is 5.02 Å². The topological polar surface area (TPSA) is 92.2 Å². The van der Waals surface area contributed by atoms with E-state index in [2.05, 4.69) is 10.3 Å². The van der Waals surface area contributed by atoms with E-state index < -0.39 is 5.76 Å². The molecule has 6 nitrogen and oxygen atoms in total. The van der Waals surface area contributed by atoms with Gasteiger partial charge in [0.15, 0.2) is 11.4 Å². The van der Waals surface area contributed by atoms with E-state index in [-0.39, 0.29) is 24.5 Å². The summed E-state index contributed by atoms with van der Waals surface area (Å²) in [6, 6.07) is 11.5. The standard InChI is InChI=1S/C17H13ClN2O4/c18-12-4-2-1-3-11(12)14(21)6-8-16(22)19-10-5-7-15-13(9-10)20-17(23)24-15/h1-5,7,9H,6,8H2,(H,19,22)(H,20,23). The van der Waals surface area contributed by atoms with Crippen molar-refractivity contribution in [3.05, 3.63) is 63.6 Å². The van der Waals surface area contributed by atoms with Gasteiger partial charge in [-0.1, -0.05) is 23.7 Å². The molecule has 7 heteroatoms. The minimum absolute atomic E-state index is 0.0317. The summed E-state index contributed by atoms with van der Waals surface area (Å²) in [5.41, 5.74) is 1.82. The van der Waals surface area contributed by atoms with Crippen LogP contribution in [-0.4, -0.2) is 16.7 Å². The minimum atomic E-state index is -0.557. The third kappa shape index (κ3) is 3.55. The van der Waals surface area contributed by atoms with Crippen molar-refractivity contribution >= 4 is 40.1 Å². The number of carbonyl (C=O) groups excluding carboxylic acids is 2. The number of H-pyrrole nitrogens is 1. The molecule has 0 aliphatic heterocycles. The fourth-order valence-corrected chi connectivity index (χ4v) is 2.54. The van der Waals surface area contributed by atoms with Crippen molar-refractivity contribution in [1.29, 1.82) is 0 Å². The number of ketones is 1. The second-order valence-corrected chi connectivity index (χ2v) is 5.58. The van der Waals surface area contributed by atoms with E-state index >= 15 is 0 Å². The van der Waals surface area contributed by atoms with Crippen LogP contribution in [-0.2, 0) is 4.79 Å². The first-order valence-corrected chi connectivity index (χ1v) is 7.61. The maximum atomic E-state index is 12.1.